The van der Waals surface area contributed by atoms with Crippen molar-refractivity contribution in [2.24, 2.45) is 17.1 Å². The van der Waals surface area contributed by atoms with Crippen molar-refractivity contribution >= 4 is 11.7 Å². The molecule has 4 rings (SSSR count). The first-order valence-electron chi connectivity index (χ1n) is 9.36. The lowest BCUT2D eigenvalue weighted by Gasteiger charge is -2.39. The smallest absolute Gasteiger partial charge is 0.353 e. The fourth-order valence-electron chi connectivity index (χ4n) is 5.13. The number of nitrogens with two attached hydrogens (primary N) is 1. The molecule has 4 atom stereocenters. The van der Waals surface area contributed by atoms with Gasteiger partial charge in [0.25, 0.3) is 0 Å². The number of rotatable bonds is 1. The van der Waals surface area contributed by atoms with Crippen molar-refractivity contribution in [3.05, 3.63) is 17.6 Å². The van der Waals surface area contributed by atoms with Crippen LogP contribution in [0.4, 0.5) is 19.0 Å². The lowest BCUT2D eigenvalue weighted by Crippen LogP contribution is -2.53. The van der Waals surface area contributed by atoms with Crippen molar-refractivity contribution in [2.75, 3.05) is 24.5 Å². The topological polar surface area (TPSA) is 75.4 Å². The largest absolute Gasteiger partial charge is 0.433 e. The number of carbonyl (C=O) groups is 1. The molecule has 9 heteroatoms. The summed E-state index contributed by atoms with van der Waals surface area (Å²) in [6.07, 6.45) is -2.16. The van der Waals surface area contributed by atoms with Crippen LogP contribution in [0.3, 0.4) is 0 Å². The number of piperazine rings is 1. The van der Waals surface area contributed by atoms with Gasteiger partial charge in [-0.1, -0.05) is 6.92 Å². The number of carbonyl (C=O) groups excluding carboxylic acids is 1. The van der Waals surface area contributed by atoms with Crippen LogP contribution < -0.4 is 10.6 Å². The minimum Gasteiger partial charge on any atom is -0.353 e. The van der Waals surface area contributed by atoms with Crippen LogP contribution in [0.5, 0.6) is 0 Å². The second-order valence-electron chi connectivity index (χ2n) is 8.12. The normalized spacial score (nSPS) is 33.9. The summed E-state index contributed by atoms with van der Waals surface area (Å²) in [6.45, 7) is 4.99. The molecule has 1 saturated carbocycles. The first kappa shape index (κ1) is 18.5. The van der Waals surface area contributed by atoms with Gasteiger partial charge in [0.2, 0.25) is 5.91 Å². The van der Waals surface area contributed by atoms with Gasteiger partial charge in [-0.3, -0.25) is 4.79 Å². The molecule has 0 radical (unpaired) electrons. The van der Waals surface area contributed by atoms with Crippen LogP contribution >= 0.6 is 0 Å². The van der Waals surface area contributed by atoms with Gasteiger partial charge in [-0.2, -0.15) is 13.2 Å². The van der Waals surface area contributed by atoms with Crippen molar-refractivity contribution in [3.8, 4) is 0 Å². The van der Waals surface area contributed by atoms with Crippen LogP contribution in [0, 0.1) is 18.3 Å². The number of hydrogen-bond acceptors (Lipinski definition) is 5. The second-order valence-corrected chi connectivity index (χ2v) is 8.12. The maximum absolute atomic E-state index is 13.1. The number of amides is 1. The van der Waals surface area contributed by atoms with E-state index in [9.17, 15) is 18.0 Å². The third-order valence-corrected chi connectivity index (χ3v) is 6.58. The minimum atomic E-state index is -4.51. The number of aromatic nitrogens is 2. The van der Waals surface area contributed by atoms with E-state index in [1.807, 2.05) is 9.80 Å². The molecule has 6 nitrogen and oxygen atoms in total. The van der Waals surface area contributed by atoms with Crippen LogP contribution in [0.2, 0.25) is 0 Å². The highest BCUT2D eigenvalue weighted by Gasteiger charge is 2.60. The number of fused-ring (bicyclic) bond motifs is 1. The molecular formula is C18H24F3N5O. The van der Waals surface area contributed by atoms with E-state index in [2.05, 4.69) is 16.9 Å². The molecule has 1 amide bonds. The summed E-state index contributed by atoms with van der Waals surface area (Å²) in [7, 11) is 0. The predicted molar refractivity (Wildman–Crippen MR) is 92.9 cm³/mol. The van der Waals surface area contributed by atoms with Crippen LogP contribution in [-0.4, -0.2) is 52.5 Å². The van der Waals surface area contributed by atoms with Gasteiger partial charge in [0.15, 0.2) is 0 Å². The van der Waals surface area contributed by atoms with E-state index >= 15 is 0 Å². The van der Waals surface area contributed by atoms with E-state index in [0.29, 0.717) is 26.1 Å². The van der Waals surface area contributed by atoms with Crippen molar-refractivity contribution < 1.29 is 18.0 Å². The Kier molecular flexibility index (Phi) is 4.14. The molecule has 1 aliphatic carbocycles. The monoisotopic (exact) mass is 383 g/mol. The van der Waals surface area contributed by atoms with E-state index in [4.69, 9.17) is 5.73 Å². The van der Waals surface area contributed by atoms with E-state index in [0.717, 1.165) is 18.9 Å². The van der Waals surface area contributed by atoms with Crippen molar-refractivity contribution in [3.63, 3.8) is 0 Å². The standard InChI is InChI=1S/C18H24F3N5O/c1-10-13-9-25(15-7-14(18(19,20)21)23-11(2)24-15)5-6-26(13)16(27)17(10)4-3-12(22)8-17/h7,10,12-13H,3-6,8-9,22H2,1-2H3/t10?,12-,13?,17+/m1/s1. The van der Waals surface area contributed by atoms with Crippen molar-refractivity contribution in [1.29, 1.82) is 0 Å². The summed E-state index contributed by atoms with van der Waals surface area (Å²) in [5, 5.41) is 0. The van der Waals surface area contributed by atoms with E-state index in [1.54, 1.807) is 0 Å². The van der Waals surface area contributed by atoms with Crippen LogP contribution in [0.1, 0.15) is 37.7 Å². The minimum absolute atomic E-state index is 0.0267. The molecule has 1 aromatic heterocycles. The Morgan fingerprint density at radius 2 is 2.04 bits per heavy atom. The van der Waals surface area contributed by atoms with Crippen LogP contribution in [0.15, 0.2) is 6.07 Å². The zero-order chi connectivity index (χ0) is 19.6. The number of halogens is 3. The molecule has 2 aliphatic heterocycles. The Morgan fingerprint density at radius 3 is 2.67 bits per heavy atom. The molecule has 148 valence electrons. The first-order valence-corrected chi connectivity index (χ1v) is 9.36. The number of nitrogens with zero attached hydrogens (tertiary/aromatic N) is 4. The Labute approximate surface area is 155 Å². The SMILES string of the molecule is Cc1nc(N2CCN3C(=O)[C@]4(CC[C@@H](N)C4)C(C)C3C2)cc(C(F)(F)F)n1. The van der Waals surface area contributed by atoms with Crippen LogP contribution in [-0.2, 0) is 11.0 Å². The summed E-state index contributed by atoms with van der Waals surface area (Å²) in [5.74, 6) is 0.656. The summed E-state index contributed by atoms with van der Waals surface area (Å²) < 4.78 is 39.3. The van der Waals surface area contributed by atoms with Gasteiger partial charge in [0, 0.05) is 31.7 Å². The van der Waals surface area contributed by atoms with E-state index in [1.165, 1.54) is 6.92 Å². The first-order chi connectivity index (χ1) is 12.6. The molecule has 1 spiro atoms. The van der Waals surface area contributed by atoms with Gasteiger partial charge in [-0.25, -0.2) is 9.97 Å². The zero-order valence-corrected chi connectivity index (χ0v) is 15.5. The highest BCUT2D eigenvalue weighted by molar-refractivity contribution is 5.87. The Hall–Kier alpha value is -1.90. The Morgan fingerprint density at radius 1 is 1.30 bits per heavy atom. The average molecular weight is 383 g/mol. The number of anilines is 1. The van der Waals surface area contributed by atoms with Gasteiger partial charge in [0.1, 0.15) is 17.3 Å². The number of aryl methyl sites for hydroxylation is 1. The molecule has 1 aromatic rings. The molecule has 3 heterocycles. The Bertz CT molecular complexity index is 770. The van der Waals surface area contributed by atoms with Crippen molar-refractivity contribution in [2.45, 2.75) is 51.4 Å². The van der Waals surface area contributed by atoms with Crippen LogP contribution in [0.25, 0.3) is 0 Å². The third kappa shape index (κ3) is 2.86. The second kappa shape index (κ2) is 6.05. The molecule has 27 heavy (non-hydrogen) atoms. The Balaban J connectivity index is 1.60. The highest BCUT2D eigenvalue weighted by Crippen LogP contribution is 2.52. The molecule has 0 bridgehead atoms. The van der Waals surface area contributed by atoms with E-state index in [-0.39, 0.29) is 35.6 Å². The maximum Gasteiger partial charge on any atom is 0.433 e. The lowest BCUT2D eigenvalue weighted by atomic mass is 9.74. The summed E-state index contributed by atoms with van der Waals surface area (Å²) in [4.78, 5) is 24.6. The lowest BCUT2D eigenvalue weighted by molar-refractivity contribution is -0.141. The predicted octanol–water partition coefficient (Wildman–Crippen LogP) is 1.97. The third-order valence-electron chi connectivity index (χ3n) is 6.58. The van der Waals surface area contributed by atoms with Gasteiger partial charge < -0.3 is 15.5 Å². The number of alkyl halides is 3. The van der Waals surface area contributed by atoms with E-state index < -0.39 is 17.3 Å². The van der Waals surface area contributed by atoms with Crippen molar-refractivity contribution in [1.82, 2.24) is 14.9 Å². The summed E-state index contributed by atoms with van der Waals surface area (Å²) in [6, 6.07) is 1.03. The van der Waals surface area contributed by atoms with Gasteiger partial charge >= 0.3 is 6.18 Å². The van der Waals surface area contributed by atoms with Gasteiger partial charge in [-0.05, 0) is 32.1 Å². The highest BCUT2D eigenvalue weighted by atomic mass is 19.4. The molecule has 2 saturated heterocycles. The fraction of sp³-hybridized carbons (Fsp3) is 0.722. The number of hydrogen-bond donors (Lipinski definition) is 1. The van der Waals surface area contributed by atoms with Gasteiger partial charge in [-0.15, -0.1) is 0 Å². The van der Waals surface area contributed by atoms with Gasteiger partial charge in [0.05, 0.1) is 11.5 Å². The molecule has 3 aliphatic rings. The summed E-state index contributed by atoms with van der Waals surface area (Å²) in [5.41, 5.74) is 4.76. The molecule has 2 N–H and O–H groups in total. The molecule has 2 unspecified atom stereocenters. The quantitative estimate of drug-likeness (QED) is 0.803. The molecular weight excluding hydrogens is 359 g/mol. The molecule has 0 aromatic carbocycles. The fourth-order valence-corrected chi connectivity index (χ4v) is 5.13. The maximum atomic E-state index is 13.1. The molecule has 3 fully saturated rings. The average Bonchev–Trinajstić information content (AvgIpc) is 3.09. The summed E-state index contributed by atoms with van der Waals surface area (Å²) >= 11 is 0. The zero-order valence-electron chi connectivity index (χ0n) is 15.5.